The van der Waals surface area contributed by atoms with Crippen LogP contribution in [0.4, 0.5) is 18.9 Å². The van der Waals surface area contributed by atoms with E-state index in [9.17, 15) is 21.6 Å². The molecular weight excluding hydrogens is 399 g/mol. The van der Waals surface area contributed by atoms with Crippen LogP contribution in [0, 0.1) is 17.5 Å². The van der Waals surface area contributed by atoms with Gasteiger partial charge in [-0.1, -0.05) is 35.9 Å². The molecule has 0 heterocycles. The molecule has 0 aliphatic carbocycles. The minimum atomic E-state index is -4.20. The van der Waals surface area contributed by atoms with E-state index in [2.05, 4.69) is 0 Å². The van der Waals surface area contributed by atoms with Gasteiger partial charge in [0.25, 0.3) is 10.0 Å². The summed E-state index contributed by atoms with van der Waals surface area (Å²) in [6.07, 6.45) is 0. The lowest BCUT2D eigenvalue weighted by molar-refractivity contribution is 0.569. The van der Waals surface area contributed by atoms with Crippen LogP contribution in [0.15, 0.2) is 71.6 Å². The van der Waals surface area contributed by atoms with Crippen LogP contribution in [0.3, 0.4) is 0 Å². The average Bonchev–Trinajstić information content (AvgIpc) is 2.63. The van der Waals surface area contributed by atoms with Crippen molar-refractivity contribution < 1.29 is 21.6 Å². The van der Waals surface area contributed by atoms with Crippen LogP contribution in [0.5, 0.6) is 0 Å². The van der Waals surface area contributed by atoms with Crippen LogP contribution in [0.25, 0.3) is 0 Å². The first-order valence-corrected chi connectivity index (χ1v) is 9.57. The maximum atomic E-state index is 14.1. The molecule has 0 radical (unpaired) electrons. The molecule has 0 atom stereocenters. The fraction of sp³-hybridized carbons (Fsp3) is 0.0526. The van der Waals surface area contributed by atoms with Gasteiger partial charge in [0.1, 0.15) is 17.5 Å². The minimum absolute atomic E-state index is 0.0166. The van der Waals surface area contributed by atoms with Crippen LogP contribution < -0.4 is 4.31 Å². The zero-order valence-electron chi connectivity index (χ0n) is 13.7. The number of para-hydroxylation sites is 1. The van der Waals surface area contributed by atoms with Gasteiger partial charge in [0.15, 0.2) is 0 Å². The second-order valence-electron chi connectivity index (χ2n) is 5.66. The van der Waals surface area contributed by atoms with Crippen molar-refractivity contribution in [1.29, 1.82) is 0 Å². The summed E-state index contributed by atoms with van der Waals surface area (Å²) in [6.45, 7) is -0.381. The van der Waals surface area contributed by atoms with Gasteiger partial charge in [-0.25, -0.2) is 21.6 Å². The lowest BCUT2D eigenvalue weighted by Gasteiger charge is -2.25. The molecule has 0 N–H and O–H groups in total. The number of halogens is 4. The summed E-state index contributed by atoms with van der Waals surface area (Å²) in [4.78, 5) is -0.250. The molecular formula is C19H13ClF3NO2S. The molecule has 0 aliphatic rings. The summed E-state index contributed by atoms with van der Waals surface area (Å²) in [5.74, 6) is -2.40. The van der Waals surface area contributed by atoms with Crippen LogP contribution in [0.1, 0.15) is 5.56 Å². The molecule has 140 valence electrons. The number of benzene rings is 3. The molecule has 0 aromatic heterocycles. The number of rotatable bonds is 5. The molecule has 0 bridgehead atoms. The smallest absolute Gasteiger partial charge is 0.262 e. The fourth-order valence-electron chi connectivity index (χ4n) is 2.48. The van der Waals surface area contributed by atoms with E-state index < -0.39 is 27.5 Å². The van der Waals surface area contributed by atoms with Crippen molar-refractivity contribution in [2.45, 2.75) is 11.4 Å². The Labute approximate surface area is 159 Å². The third-order valence-corrected chi connectivity index (χ3v) is 5.91. The number of hydrogen-bond acceptors (Lipinski definition) is 2. The van der Waals surface area contributed by atoms with E-state index in [1.807, 2.05) is 0 Å². The predicted molar refractivity (Wildman–Crippen MR) is 97.6 cm³/mol. The maximum absolute atomic E-state index is 14.1. The van der Waals surface area contributed by atoms with Crippen molar-refractivity contribution in [1.82, 2.24) is 0 Å². The molecule has 0 unspecified atom stereocenters. The SMILES string of the molecule is O=S(=O)(c1ccc(F)c(Cl)c1)N(Cc1ccc(F)cc1F)c1ccccc1. The number of anilines is 1. The number of nitrogens with zero attached hydrogens (tertiary/aromatic N) is 1. The van der Waals surface area contributed by atoms with Crippen LogP contribution in [0.2, 0.25) is 5.02 Å². The van der Waals surface area contributed by atoms with E-state index in [0.29, 0.717) is 6.07 Å². The Morgan fingerprint density at radius 1 is 0.852 bits per heavy atom. The third-order valence-electron chi connectivity index (χ3n) is 3.85. The van der Waals surface area contributed by atoms with Gasteiger partial charge in [-0.05, 0) is 36.4 Å². The highest BCUT2D eigenvalue weighted by Gasteiger charge is 2.27. The van der Waals surface area contributed by atoms with E-state index in [1.54, 1.807) is 18.2 Å². The van der Waals surface area contributed by atoms with Crippen molar-refractivity contribution >= 4 is 27.3 Å². The van der Waals surface area contributed by atoms with Crippen molar-refractivity contribution in [3.05, 3.63) is 94.8 Å². The largest absolute Gasteiger partial charge is 0.264 e. The van der Waals surface area contributed by atoms with Gasteiger partial charge in [0, 0.05) is 11.6 Å². The molecule has 27 heavy (non-hydrogen) atoms. The Morgan fingerprint density at radius 2 is 1.56 bits per heavy atom. The summed E-state index contributed by atoms with van der Waals surface area (Å²) < 4.78 is 67.9. The molecule has 3 aromatic carbocycles. The van der Waals surface area contributed by atoms with Gasteiger partial charge in [-0.3, -0.25) is 4.31 Å². The quantitative estimate of drug-likeness (QED) is 0.582. The predicted octanol–water partition coefficient (Wildman–Crippen LogP) is 5.15. The van der Waals surface area contributed by atoms with Crippen LogP contribution >= 0.6 is 11.6 Å². The lowest BCUT2D eigenvalue weighted by atomic mass is 10.2. The summed E-state index contributed by atoms with van der Waals surface area (Å²) >= 11 is 5.71. The monoisotopic (exact) mass is 411 g/mol. The van der Waals surface area contributed by atoms with Crippen molar-refractivity contribution in [2.24, 2.45) is 0 Å². The Bertz CT molecular complexity index is 1080. The summed E-state index contributed by atoms with van der Waals surface area (Å²) in [5, 5.41) is -0.350. The first-order valence-electron chi connectivity index (χ1n) is 7.76. The Morgan fingerprint density at radius 3 is 2.19 bits per heavy atom. The second kappa shape index (κ2) is 7.62. The molecule has 0 spiro atoms. The van der Waals surface area contributed by atoms with Gasteiger partial charge in [0.05, 0.1) is 22.2 Å². The molecule has 3 nitrogen and oxygen atoms in total. The fourth-order valence-corrected chi connectivity index (χ4v) is 4.19. The zero-order chi connectivity index (χ0) is 19.6. The highest BCUT2D eigenvalue weighted by molar-refractivity contribution is 7.92. The molecule has 0 saturated carbocycles. The van der Waals surface area contributed by atoms with Crippen molar-refractivity contribution in [3.8, 4) is 0 Å². The standard InChI is InChI=1S/C19H13ClF3NO2S/c20-17-11-16(8-9-18(17)22)27(25,26)24(15-4-2-1-3-5-15)12-13-6-7-14(21)10-19(13)23/h1-11H,12H2. The first-order chi connectivity index (χ1) is 12.8. The molecule has 0 aliphatic heterocycles. The van der Waals surface area contributed by atoms with Crippen molar-refractivity contribution in [3.63, 3.8) is 0 Å². The lowest BCUT2D eigenvalue weighted by Crippen LogP contribution is -2.31. The average molecular weight is 412 g/mol. The van der Waals surface area contributed by atoms with Crippen molar-refractivity contribution in [2.75, 3.05) is 4.31 Å². The van der Waals surface area contributed by atoms with E-state index in [0.717, 1.165) is 28.6 Å². The van der Waals surface area contributed by atoms with Gasteiger partial charge in [-0.15, -0.1) is 0 Å². The molecule has 0 saturated heterocycles. The molecule has 3 rings (SSSR count). The van der Waals surface area contributed by atoms with E-state index in [1.165, 1.54) is 18.2 Å². The topological polar surface area (TPSA) is 37.4 Å². The zero-order valence-corrected chi connectivity index (χ0v) is 15.3. The van der Waals surface area contributed by atoms with E-state index in [4.69, 9.17) is 11.6 Å². The summed E-state index contributed by atoms with van der Waals surface area (Å²) in [6, 6.07) is 13.9. The van der Waals surface area contributed by atoms with Crippen LogP contribution in [-0.2, 0) is 16.6 Å². The van der Waals surface area contributed by atoms with Gasteiger partial charge in [-0.2, -0.15) is 0 Å². The van der Waals surface area contributed by atoms with E-state index >= 15 is 0 Å². The van der Waals surface area contributed by atoms with Gasteiger partial charge < -0.3 is 0 Å². The normalized spacial score (nSPS) is 11.4. The second-order valence-corrected chi connectivity index (χ2v) is 7.93. The molecule has 0 amide bonds. The highest BCUT2D eigenvalue weighted by Crippen LogP contribution is 2.28. The third kappa shape index (κ3) is 4.09. The molecule has 8 heteroatoms. The summed E-state index contributed by atoms with van der Waals surface area (Å²) in [5.41, 5.74) is 0.249. The first kappa shape index (κ1) is 19.3. The summed E-state index contributed by atoms with van der Waals surface area (Å²) in [7, 11) is -4.20. The van der Waals surface area contributed by atoms with E-state index in [-0.39, 0.29) is 27.7 Å². The molecule has 3 aromatic rings. The Kier molecular flexibility index (Phi) is 5.43. The number of sulfonamides is 1. The van der Waals surface area contributed by atoms with Crippen LogP contribution in [-0.4, -0.2) is 8.42 Å². The number of hydrogen-bond donors (Lipinski definition) is 0. The minimum Gasteiger partial charge on any atom is -0.262 e. The Balaban J connectivity index is 2.10. The highest BCUT2D eigenvalue weighted by atomic mass is 35.5. The molecule has 0 fully saturated rings. The van der Waals surface area contributed by atoms with Gasteiger partial charge in [0.2, 0.25) is 0 Å². The Hall–Kier alpha value is -2.51. The maximum Gasteiger partial charge on any atom is 0.264 e. The van der Waals surface area contributed by atoms with Gasteiger partial charge >= 0.3 is 0 Å².